The minimum Gasteiger partial charge on any atom is -0.508 e. The standard InChI is InChI=1S/C21H24N4O/c1-15-22-20-6-4-12-25(13-17-5-3-11-24(17)2)14-19(20)21(23-15)16-7-9-18(26)10-8-16/h3,5,7-11,26H,4,6,12-14H2,1-2H3. The van der Waals surface area contributed by atoms with Gasteiger partial charge in [0, 0.05) is 48.8 Å². The van der Waals surface area contributed by atoms with Gasteiger partial charge in [-0.15, -0.1) is 0 Å². The van der Waals surface area contributed by atoms with Crippen molar-refractivity contribution >= 4 is 0 Å². The number of hydrogen-bond acceptors (Lipinski definition) is 4. The molecule has 0 fully saturated rings. The van der Waals surface area contributed by atoms with Gasteiger partial charge in [-0.2, -0.15) is 0 Å². The Labute approximate surface area is 154 Å². The highest BCUT2D eigenvalue weighted by Gasteiger charge is 2.21. The van der Waals surface area contributed by atoms with Gasteiger partial charge in [-0.25, -0.2) is 9.97 Å². The molecule has 0 saturated heterocycles. The molecule has 0 amide bonds. The molecule has 3 aromatic rings. The maximum absolute atomic E-state index is 9.61. The number of rotatable bonds is 3. The van der Waals surface area contributed by atoms with Gasteiger partial charge in [0.1, 0.15) is 11.6 Å². The number of nitrogens with zero attached hydrogens (tertiary/aromatic N) is 4. The molecule has 1 aliphatic heterocycles. The van der Waals surface area contributed by atoms with E-state index in [2.05, 4.69) is 34.8 Å². The molecule has 4 rings (SSSR count). The predicted octanol–water partition coefficient (Wildman–Crippen LogP) is 3.44. The van der Waals surface area contributed by atoms with Gasteiger partial charge < -0.3 is 9.67 Å². The molecule has 1 aliphatic rings. The number of benzene rings is 1. The Balaban J connectivity index is 1.71. The van der Waals surface area contributed by atoms with E-state index in [9.17, 15) is 5.11 Å². The van der Waals surface area contributed by atoms with E-state index in [-0.39, 0.29) is 5.75 Å². The molecule has 134 valence electrons. The molecule has 2 aromatic heterocycles. The zero-order chi connectivity index (χ0) is 18.1. The van der Waals surface area contributed by atoms with E-state index in [0.29, 0.717) is 0 Å². The zero-order valence-electron chi connectivity index (χ0n) is 15.3. The third-order valence-electron chi connectivity index (χ3n) is 5.05. The fourth-order valence-electron chi connectivity index (χ4n) is 3.68. The second-order valence-electron chi connectivity index (χ2n) is 7.02. The van der Waals surface area contributed by atoms with Crippen molar-refractivity contribution in [1.82, 2.24) is 19.4 Å². The average molecular weight is 348 g/mol. The molecule has 3 heterocycles. The maximum Gasteiger partial charge on any atom is 0.126 e. The van der Waals surface area contributed by atoms with Crippen molar-refractivity contribution < 1.29 is 5.11 Å². The van der Waals surface area contributed by atoms with Gasteiger partial charge in [-0.3, -0.25) is 4.90 Å². The molecule has 0 aliphatic carbocycles. The van der Waals surface area contributed by atoms with Crippen molar-refractivity contribution in [2.45, 2.75) is 32.9 Å². The molecule has 0 atom stereocenters. The molecule has 0 bridgehead atoms. The largest absolute Gasteiger partial charge is 0.508 e. The van der Waals surface area contributed by atoms with Gasteiger partial charge in [-0.05, 0) is 62.7 Å². The van der Waals surface area contributed by atoms with Crippen LogP contribution in [0.15, 0.2) is 42.6 Å². The van der Waals surface area contributed by atoms with Crippen LogP contribution in [0.1, 0.15) is 29.2 Å². The fraction of sp³-hybridized carbons (Fsp3) is 0.333. The topological polar surface area (TPSA) is 54.2 Å². The van der Waals surface area contributed by atoms with Crippen LogP contribution in [0.2, 0.25) is 0 Å². The summed E-state index contributed by atoms with van der Waals surface area (Å²) >= 11 is 0. The lowest BCUT2D eigenvalue weighted by molar-refractivity contribution is 0.255. The molecule has 5 heteroatoms. The lowest BCUT2D eigenvalue weighted by Crippen LogP contribution is -2.24. The van der Waals surface area contributed by atoms with Crippen molar-refractivity contribution in [1.29, 1.82) is 0 Å². The first kappa shape index (κ1) is 16.8. The Bertz CT molecular complexity index is 914. The normalized spacial score (nSPS) is 14.8. The third kappa shape index (κ3) is 3.35. The summed E-state index contributed by atoms with van der Waals surface area (Å²) in [4.78, 5) is 12.0. The minimum atomic E-state index is 0.274. The smallest absolute Gasteiger partial charge is 0.126 e. The minimum absolute atomic E-state index is 0.274. The number of aromatic nitrogens is 3. The van der Waals surface area contributed by atoms with Gasteiger partial charge >= 0.3 is 0 Å². The molecule has 1 N–H and O–H groups in total. The molecule has 0 radical (unpaired) electrons. The van der Waals surface area contributed by atoms with E-state index < -0.39 is 0 Å². The van der Waals surface area contributed by atoms with E-state index in [1.54, 1.807) is 12.1 Å². The summed E-state index contributed by atoms with van der Waals surface area (Å²) in [6.45, 7) is 4.77. The first-order valence-corrected chi connectivity index (χ1v) is 9.08. The lowest BCUT2D eigenvalue weighted by atomic mass is 10.0. The number of hydrogen-bond donors (Lipinski definition) is 1. The number of phenols is 1. The zero-order valence-corrected chi connectivity index (χ0v) is 15.3. The Morgan fingerprint density at radius 3 is 2.65 bits per heavy atom. The molecule has 0 saturated carbocycles. The van der Waals surface area contributed by atoms with Crippen molar-refractivity contribution in [2.24, 2.45) is 7.05 Å². The van der Waals surface area contributed by atoms with Gasteiger partial charge in [0.05, 0.1) is 5.69 Å². The monoisotopic (exact) mass is 348 g/mol. The maximum atomic E-state index is 9.61. The van der Waals surface area contributed by atoms with Crippen molar-refractivity contribution in [3.8, 4) is 17.0 Å². The lowest BCUT2D eigenvalue weighted by Gasteiger charge is -2.22. The highest BCUT2D eigenvalue weighted by atomic mass is 16.3. The third-order valence-corrected chi connectivity index (χ3v) is 5.05. The van der Waals surface area contributed by atoms with Crippen LogP contribution in [-0.2, 0) is 26.6 Å². The number of phenolic OH excluding ortho intramolecular Hbond substituents is 1. The van der Waals surface area contributed by atoms with Crippen LogP contribution in [0, 0.1) is 6.92 Å². The Morgan fingerprint density at radius 1 is 1.12 bits per heavy atom. The first-order chi connectivity index (χ1) is 12.6. The van der Waals surface area contributed by atoms with Crippen LogP contribution < -0.4 is 0 Å². The molecule has 0 unspecified atom stereocenters. The summed E-state index contributed by atoms with van der Waals surface area (Å²) in [7, 11) is 2.09. The van der Waals surface area contributed by atoms with Gasteiger partial charge in [-0.1, -0.05) is 0 Å². The van der Waals surface area contributed by atoms with Crippen LogP contribution in [0.3, 0.4) is 0 Å². The molecule has 1 aromatic carbocycles. The van der Waals surface area contributed by atoms with Crippen LogP contribution in [0.5, 0.6) is 5.75 Å². The molecular weight excluding hydrogens is 324 g/mol. The van der Waals surface area contributed by atoms with E-state index in [1.807, 2.05) is 19.1 Å². The molecule has 0 spiro atoms. The summed E-state index contributed by atoms with van der Waals surface area (Å²) < 4.78 is 2.18. The fourth-order valence-corrected chi connectivity index (χ4v) is 3.68. The van der Waals surface area contributed by atoms with E-state index in [4.69, 9.17) is 9.97 Å². The summed E-state index contributed by atoms with van der Waals surface area (Å²) in [5.41, 5.74) is 5.71. The quantitative estimate of drug-likeness (QED) is 0.788. The number of aromatic hydroxyl groups is 1. The Morgan fingerprint density at radius 2 is 1.92 bits per heavy atom. The Kier molecular flexibility index (Phi) is 4.47. The van der Waals surface area contributed by atoms with Crippen LogP contribution in [-0.4, -0.2) is 31.1 Å². The predicted molar refractivity (Wildman–Crippen MR) is 102 cm³/mol. The summed E-state index contributed by atoms with van der Waals surface area (Å²) in [5.74, 6) is 1.08. The van der Waals surface area contributed by atoms with Crippen molar-refractivity contribution in [3.05, 3.63) is 65.4 Å². The van der Waals surface area contributed by atoms with Gasteiger partial charge in [0.15, 0.2) is 0 Å². The summed E-state index contributed by atoms with van der Waals surface area (Å²) in [6.07, 6.45) is 4.17. The van der Waals surface area contributed by atoms with E-state index in [0.717, 1.165) is 55.3 Å². The SMILES string of the molecule is Cc1nc2c(c(-c3ccc(O)cc3)n1)CN(Cc1cccn1C)CCC2. The van der Waals surface area contributed by atoms with E-state index >= 15 is 0 Å². The van der Waals surface area contributed by atoms with Crippen LogP contribution in [0.25, 0.3) is 11.3 Å². The molecule has 5 nitrogen and oxygen atoms in total. The highest BCUT2D eigenvalue weighted by molar-refractivity contribution is 5.65. The van der Waals surface area contributed by atoms with E-state index in [1.165, 1.54) is 11.3 Å². The average Bonchev–Trinajstić information content (AvgIpc) is 2.90. The number of fused-ring (bicyclic) bond motifs is 1. The second kappa shape index (κ2) is 6.92. The summed E-state index contributed by atoms with van der Waals surface area (Å²) in [5, 5.41) is 9.61. The number of aryl methyl sites for hydroxylation is 3. The first-order valence-electron chi connectivity index (χ1n) is 9.08. The van der Waals surface area contributed by atoms with Crippen molar-refractivity contribution in [3.63, 3.8) is 0 Å². The molecule has 26 heavy (non-hydrogen) atoms. The van der Waals surface area contributed by atoms with Crippen LogP contribution >= 0.6 is 0 Å². The van der Waals surface area contributed by atoms with Gasteiger partial charge in [0.2, 0.25) is 0 Å². The van der Waals surface area contributed by atoms with Crippen molar-refractivity contribution in [2.75, 3.05) is 6.54 Å². The Hall–Kier alpha value is -2.66. The molecular formula is C21H24N4O. The van der Waals surface area contributed by atoms with Gasteiger partial charge in [0.25, 0.3) is 0 Å². The summed E-state index contributed by atoms with van der Waals surface area (Å²) in [6, 6.07) is 11.6. The highest BCUT2D eigenvalue weighted by Crippen LogP contribution is 2.29. The second-order valence-corrected chi connectivity index (χ2v) is 7.02. The van der Waals surface area contributed by atoms with Crippen LogP contribution in [0.4, 0.5) is 0 Å².